The van der Waals surface area contributed by atoms with Crippen LogP contribution in [-0.2, 0) is 9.31 Å². The Bertz CT molecular complexity index is 492. The van der Waals surface area contributed by atoms with Gasteiger partial charge in [-0.25, -0.2) is 0 Å². The molecule has 0 unspecified atom stereocenters. The lowest BCUT2D eigenvalue weighted by atomic mass is 9.78. The third kappa shape index (κ3) is 3.05. The summed E-state index contributed by atoms with van der Waals surface area (Å²) < 4.78 is 12.0. The fraction of sp³-hybridized carbons (Fsp3) is 0.467. The Morgan fingerprint density at radius 1 is 1.15 bits per heavy atom. The number of hydrogen-bond donors (Lipinski definition) is 2. The molecule has 3 nitrogen and oxygen atoms in total. The lowest BCUT2D eigenvalue weighted by molar-refractivity contribution is 0.00578. The molecule has 108 valence electrons. The van der Waals surface area contributed by atoms with Crippen LogP contribution in [0.15, 0.2) is 29.7 Å². The van der Waals surface area contributed by atoms with Crippen molar-refractivity contribution in [1.82, 2.24) is 0 Å². The normalized spacial score (nSPS) is 21.2. The zero-order valence-electron chi connectivity index (χ0n) is 12.4. The maximum absolute atomic E-state index is 9.31. The van der Waals surface area contributed by atoms with Gasteiger partial charge in [-0.3, -0.25) is 0 Å². The van der Waals surface area contributed by atoms with Crippen molar-refractivity contribution in [3.63, 3.8) is 0 Å². The molecule has 0 radical (unpaired) electrons. The first-order chi connectivity index (χ1) is 9.25. The van der Waals surface area contributed by atoms with E-state index in [9.17, 15) is 5.11 Å². The Kier molecular flexibility index (Phi) is 4.23. The molecule has 0 spiro atoms. The Hall–Kier alpha value is -0.905. The molecule has 1 saturated heterocycles. The van der Waals surface area contributed by atoms with Crippen LogP contribution in [0.25, 0.3) is 6.08 Å². The van der Waals surface area contributed by atoms with Crippen LogP contribution in [-0.4, -0.2) is 29.2 Å². The highest BCUT2D eigenvalue weighted by molar-refractivity contribution is 7.80. The summed E-state index contributed by atoms with van der Waals surface area (Å²) in [6.07, 6.45) is 1.99. The van der Waals surface area contributed by atoms with Gasteiger partial charge in [0.05, 0.1) is 11.2 Å². The fourth-order valence-electron chi connectivity index (χ4n) is 1.97. The molecular formula is C15H21BO3S. The van der Waals surface area contributed by atoms with Crippen LogP contribution in [0.1, 0.15) is 33.3 Å². The van der Waals surface area contributed by atoms with E-state index < -0.39 is 0 Å². The van der Waals surface area contributed by atoms with Gasteiger partial charge in [-0.1, -0.05) is 18.2 Å². The summed E-state index contributed by atoms with van der Waals surface area (Å²) in [7, 11) is -0.383. The minimum absolute atomic E-state index is 0.255. The van der Waals surface area contributed by atoms with Gasteiger partial charge in [-0.05, 0) is 50.9 Å². The summed E-state index contributed by atoms with van der Waals surface area (Å²) in [5.74, 6) is 0.808. The number of phenols is 1. The topological polar surface area (TPSA) is 38.7 Å². The Morgan fingerprint density at radius 2 is 1.65 bits per heavy atom. The average molecular weight is 292 g/mol. The molecule has 0 amide bonds. The SMILES string of the molecule is CC1(C)OB(C(=Cc2ccc(O)cc2)CS)OC1(C)C. The van der Waals surface area contributed by atoms with Crippen molar-refractivity contribution in [3.8, 4) is 5.75 Å². The average Bonchev–Trinajstić information content (AvgIpc) is 2.57. The summed E-state index contributed by atoms with van der Waals surface area (Å²) in [5, 5.41) is 9.31. The Labute approximate surface area is 126 Å². The molecule has 20 heavy (non-hydrogen) atoms. The van der Waals surface area contributed by atoms with Gasteiger partial charge in [0.2, 0.25) is 0 Å². The van der Waals surface area contributed by atoms with Crippen molar-refractivity contribution < 1.29 is 14.4 Å². The first kappa shape index (κ1) is 15.5. The van der Waals surface area contributed by atoms with Crippen molar-refractivity contribution in [1.29, 1.82) is 0 Å². The Morgan fingerprint density at radius 3 is 2.10 bits per heavy atom. The van der Waals surface area contributed by atoms with Gasteiger partial charge in [0.15, 0.2) is 0 Å². The summed E-state index contributed by atoms with van der Waals surface area (Å²) in [4.78, 5) is 0. The van der Waals surface area contributed by atoms with Crippen LogP contribution in [0.2, 0.25) is 0 Å². The summed E-state index contributed by atoms with van der Waals surface area (Å²) >= 11 is 4.38. The molecule has 0 atom stereocenters. The predicted molar refractivity (Wildman–Crippen MR) is 86.0 cm³/mol. The molecule has 0 aromatic heterocycles. The van der Waals surface area contributed by atoms with E-state index in [1.807, 2.05) is 45.9 Å². The molecule has 1 aliphatic rings. The molecule has 1 fully saturated rings. The van der Waals surface area contributed by atoms with Crippen molar-refractivity contribution in [3.05, 3.63) is 35.3 Å². The number of aromatic hydroxyl groups is 1. The molecule has 2 rings (SSSR count). The highest BCUT2D eigenvalue weighted by atomic mass is 32.1. The molecule has 0 bridgehead atoms. The standard InChI is InChI=1S/C15H21BO3S/c1-14(2)15(3,4)19-16(18-14)12(10-20)9-11-5-7-13(17)8-6-11/h5-9,17,20H,10H2,1-4H3. The monoisotopic (exact) mass is 292 g/mol. The zero-order chi connectivity index (χ0) is 15.0. The molecule has 1 aliphatic heterocycles. The molecular weight excluding hydrogens is 271 g/mol. The Balaban J connectivity index is 2.24. The predicted octanol–water partition coefficient (Wildman–Crippen LogP) is 3.34. The van der Waals surface area contributed by atoms with Crippen LogP contribution in [0.3, 0.4) is 0 Å². The van der Waals surface area contributed by atoms with Crippen LogP contribution in [0.4, 0.5) is 0 Å². The molecule has 1 aromatic carbocycles. The van der Waals surface area contributed by atoms with Gasteiger partial charge in [0.1, 0.15) is 5.75 Å². The number of hydrogen-bond acceptors (Lipinski definition) is 4. The summed E-state index contributed by atoms with van der Waals surface area (Å²) in [6.45, 7) is 8.13. The third-order valence-electron chi connectivity index (χ3n) is 3.98. The lowest BCUT2D eigenvalue weighted by Crippen LogP contribution is -2.41. The van der Waals surface area contributed by atoms with Gasteiger partial charge in [-0.2, -0.15) is 12.6 Å². The van der Waals surface area contributed by atoms with Gasteiger partial charge in [0, 0.05) is 5.75 Å². The molecule has 0 saturated carbocycles. The molecule has 1 heterocycles. The minimum atomic E-state index is -0.383. The lowest BCUT2D eigenvalue weighted by Gasteiger charge is -2.32. The fourth-order valence-corrected chi connectivity index (χ4v) is 2.21. The van der Waals surface area contributed by atoms with Crippen molar-refractivity contribution in [2.24, 2.45) is 0 Å². The van der Waals surface area contributed by atoms with Crippen LogP contribution in [0.5, 0.6) is 5.75 Å². The van der Waals surface area contributed by atoms with E-state index >= 15 is 0 Å². The largest absolute Gasteiger partial charge is 0.508 e. The van der Waals surface area contributed by atoms with Crippen molar-refractivity contribution in [2.45, 2.75) is 38.9 Å². The number of phenolic OH excluding ortho intramolecular Hbond substituents is 1. The van der Waals surface area contributed by atoms with E-state index in [0.29, 0.717) is 5.75 Å². The minimum Gasteiger partial charge on any atom is -0.508 e. The highest BCUT2D eigenvalue weighted by Gasteiger charge is 2.52. The van der Waals surface area contributed by atoms with Gasteiger partial charge >= 0.3 is 7.12 Å². The maximum Gasteiger partial charge on any atom is 0.491 e. The molecule has 0 aliphatic carbocycles. The van der Waals surface area contributed by atoms with Gasteiger partial charge in [0.25, 0.3) is 0 Å². The van der Waals surface area contributed by atoms with E-state index in [2.05, 4.69) is 12.6 Å². The van der Waals surface area contributed by atoms with E-state index in [-0.39, 0.29) is 24.1 Å². The van der Waals surface area contributed by atoms with E-state index in [1.54, 1.807) is 12.1 Å². The van der Waals surface area contributed by atoms with Crippen LogP contribution < -0.4 is 0 Å². The van der Waals surface area contributed by atoms with Crippen molar-refractivity contribution in [2.75, 3.05) is 5.75 Å². The number of rotatable bonds is 3. The second-order valence-corrected chi connectivity index (χ2v) is 6.37. The zero-order valence-corrected chi connectivity index (χ0v) is 13.3. The number of benzene rings is 1. The molecule has 5 heteroatoms. The smallest absolute Gasteiger partial charge is 0.491 e. The van der Waals surface area contributed by atoms with Gasteiger partial charge < -0.3 is 14.4 Å². The quantitative estimate of drug-likeness (QED) is 0.663. The molecule has 1 aromatic rings. The summed E-state index contributed by atoms with van der Waals surface area (Å²) in [5.41, 5.74) is 1.25. The van der Waals surface area contributed by atoms with E-state index in [1.165, 1.54) is 0 Å². The van der Waals surface area contributed by atoms with E-state index in [4.69, 9.17) is 9.31 Å². The van der Waals surface area contributed by atoms with Crippen LogP contribution >= 0.6 is 12.6 Å². The first-order valence-corrected chi connectivity index (χ1v) is 7.34. The molecule has 1 N–H and O–H groups in total. The van der Waals surface area contributed by atoms with Gasteiger partial charge in [-0.15, -0.1) is 0 Å². The number of thiol groups is 1. The van der Waals surface area contributed by atoms with Crippen LogP contribution in [0, 0.1) is 0 Å². The third-order valence-corrected chi connectivity index (χ3v) is 4.35. The first-order valence-electron chi connectivity index (χ1n) is 6.71. The highest BCUT2D eigenvalue weighted by Crippen LogP contribution is 2.39. The second-order valence-electron chi connectivity index (χ2n) is 6.06. The van der Waals surface area contributed by atoms with Crippen molar-refractivity contribution >= 4 is 25.8 Å². The second kappa shape index (κ2) is 5.47. The maximum atomic E-state index is 9.31. The summed E-state index contributed by atoms with van der Waals surface area (Å²) in [6, 6.07) is 7.02. The van der Waals surface area contributed by atoms with E-state index in [0.717, 1.165) is 11.0 Å².